The van der Waals surface area contributed by atoms with E-state index < -0.39 is 0 Å². The van der Waals surface area contributed by atoms with Gasteiger partial charge in [-0.2, -0.15) is 0 Å². The minimum absolute atomic E-state index is 1.13. The molecule has 1 heteroatoms. The molecule has 0 saturated carbocycles. The highest BCUT2D eigenvalue weighted by molar-refractivity contribution is 9.11. The first-order chi connectivity index (χ1) is 5.83. The summed E-state index contributed by atoms with van der Waals surface area (Å²) < 4.78 is 1.19. The first-order valence-corrected chi connectivity index (χ1v) is 5.35. The molecule has 0 aromatic carbocycles. The van der Waals surface area contributed by atoms with Gasteiger partial charge in [0.25, 0.3) is 0 Å². The van der Waals surface area contributed by atoms with Crippen molar-refractivity contribution >= 4 is 15.9 Å². The zero-order chi connectivity index (χ0) is 8.81. The van der Waals surface area contributed by atoms with Crippen molar-refractivity contribution < 1.29 is 0 Å². The largest absolute Gasteiger partial charge is 0.0834 e. The Morgan fingerprint density at radius 3 is 3.00 bits per heavy atom. The molecule has 0 aromatic rings. The molecule has 0 radical (unpaired) electrons. The molecule has 0 aromatic heterocycles. The van der Waals surface area contributed by atoms with Crippen molar-refractivity contribution in [3.8, 4) is 0 Å². The number of hydrogen-bond acceptors (Lipinski definition) is 0. The Kier molecular flexibility index (Phi) is 4.37. The maximum Gasteiger partial charge on any atom is 0.0174 e. The van der Waals surface area contributed by atoms with Crippen LogP contribution >= 0.6 is 15.9 Å². The second-order valence-corrected chi connectivity index (χ2v) is 3.91. The second kappa shape index (κ2) is 5.36. The molecule has 0 bridgehead atoms. The lowest BCUT2D eigenvalue weighted by molar-refractivity contribution is 0.862. The van der Waals surface area contributed by atoms with Crippen molar-refractivity contribution in [3.05, 3.63) is 34.4 Å². The molecule has 0 amide bonds. The molecule has 1 aliphatic rings. The maximum atomic E-state index is 3.52. The van der Waals surface area contributed by atoms with Gasteiger partial charge in [-0.05, 0) is 31.8 Å². The third-order valence-electron chi connectivity index (χ3n) is 1.99. The van der Waals surface area contributed by atoms with Crippen molar-refractivity contribution in [3.63, 3.8) is 0 Å². The number of halogens is 1. The van der Waals surface area contributed by atoms with Crippen LogP contribution in [-0.4, -0.2) is 0 Å². The zero-order valence-electron chi connectivity index (χ0n) is 7.52. The maximum absolute atomic E-state index is 3.52. The van der Waals surface area contributed by atoms with Gasteiger partial charge in [0.1, 0.15) is 0 Å². The fourth-order valence-electron chi connectivity index (χ4n) is 1.25. The van der Waals surface area contributed by atoms with E-state index in [9.17, 15) is 0 Å². The van der Waals surface area contributed by atoms with E-state index in [0.29, 0.717) is 0 Å². The molecule has 0 heterocycles. The molecule has 12 heavy (non-hydrogen) atoms. The lowest BCUT2D eigenvalue weighted by Gasteiger charge is -1.96. The summed E-state index contributed by atoms with van der Waals surface area (Å²) >= 11 is 3.52. The highest BCUT2D eigenvalue weighted by Crippen LogP contribution is 2.17. The number of hydrogen-bond donors (Lipinski definition) is 0. The fraction of sp³-hybridized carbons (Fsp3) is 0.455. The van der Waals surface area contributed by atoms with E-state index in [1.54, 1.807) is 0 Å². The molecule has 0 unspecified atom stereocenters. The minimum Gasteiger partial charge on any atom is -0.0834 e. The highest BCUT2D eigenvalue weighted by atomic mass is 79.9. The Morgan fingerprint density at radius 2 is 2.25 bits per heavy atom. The van der Waals surface area contributed by atoms with E-state index in [1.807, 2.05) is 0 Å². The Labute approximate surface area is 83.2 Å². The van der Waals surface area contributed by atoms with Gasteiger partial charge in [0.15, 0.2) is 0 Å². The van der Waals surface area contributed by atoms with Gasteiger partial charge in [0.05, 0.1) is 0 Å². The zero-order valence-corrected chi connectivity index (χ0v) is 9.10. The molecule has 0 N–H and O–H groups in total. The van der Waals surface area contributed by atoms with Crippen molar-refractivity contribution in [1.82, 2.24) is 0 Å². The first kappa shape index (κ1) is 9.79. The molecule has 0 nitrogen and oxygen atoms in total. The summed E-state index contributed by atoms with van der Waals surface area (Å²) in [5.74, 6) is 0. The van der Waals surface area contributed by atoms with Gasteiger partial charge in [0.2, 0.25) is 0 Å². The van der Waals surface area contributed by atoms with Gasteiger partial charge in [0, 0.05) is 4.48 Å². The van der Waals surface area contributed by atoms with Crippen LogP contribution in [0.15, 0.2) is 34.4 Å². The summed E-state index contributed by atoms with van der Waals surface area (Å²) in [6.07, 6.45) is 13.7. The Bertz CT molecular complexity index is 221. The van der Waals surface area contributed by atoms with Crippen LogP contribution in [0, 0.1) is 0 Å². The molecular formula is C11H15Br. The Morgan fingerprint density at radius 1 is 1.42 bits per heavy atom. The van der Waals surface area contributed by atoms with Gasteiger partial charge in [-0.15, -0.1) is 0 Å². The van der Waals surface area contributed by atoms with Crippen LogP contribution in [0.4, 0.5) is 0 Å². The Hall–Kier alpha value is -0.300. The van der Waals surface area contributed by atoms with Gasteiger partial charge < -0.3 is 0 Å². The molecule has 1 aliphatic carbocycles. The monoisotopic (exact) mass is 226 g/mol. The molecule has 66 valence electrons. The normalized spacial score (nSPS) is 21.5. The first-order valence-electron chi connectivity index (χ1n) is 4.55. The third-order valence-corrected chi connectivity index (χ3v) is 2.48. The van der Waals surface area contributed by atoms with E-state index >= 15 is 0 Å². The van der Waals surface area contributed by atoms with Crippen molar-refractivity contribution in [2.45, 2.75) is 32.6 Å². The summed E-state index contributed by atoms with van der Waals surface area (Å²) in [5.41, 5.74) is 1.44. The van der Waals surface area contributed by atoms with Gasteiger partial charge in [-0.3, -0.25) is 0 Å². The SMILES string of the molecule is CCC1=CCCC/C=C/C(Br)=C1. The second-order valence-electron chi connectivity index (χ2n) is 3.00. The summed E-state index contributed by atoms with van der Waals surface area (Å²) in [6.45, 7) is 2.20. The Balaban J connectivity index is 2.76. The van der Waals surface area contributed by atoms with Crippen LogP contribution in [0.2, 0.25) is 0 Å². The van der Waals surface area contributed by atoms with Crippen molar-refractivity contribution in [2.24, 2.45) is 0 Å². The summed E-state index contributed by atoms with van der Waals surface area (Å²) in [4.78, 5) is 0. The van der Waals surface area contributed by atoms with E-state index in [2.05, 4.69) is 47.2 Å². The number of rotatable bonds is 1. The van der Waals surface area contributed by atoms with Crippen LogP contribution in [0.3, 0.4) is 0 Å². The lowest BCUT2D eigenvalue weighted by Crippen LogP contribution is -1.75. The van der Waals surface area contributed by atoms with Crippen LogP contribution in [0.1, 0.15) is 32.6 Å². The fourth-order valence-corrected chi connectivity index (χ4v) is 1.73. The molecule has 1 rings (SSSR count). The van der Waals surface area contributed by atoms with E-state index in [0.717, 1.165) is 6.42 Å². The van der Waals surface area contributed by atoms with E-state index in [-0.39, 0.29) is 0 Å². The summed E-state index contributed by atoms with van der Waals surface area (Å²) in [7, 11) is 0. The molecule has 0 spiro atoms. The molecular weight excluding hydrogens is 212 g/mol. The molecule has 0 saturated heterocycles. The van der Waals surface area contributed by atoms with Crippen molar-refractivity contribution in [2.75, 3.05) is 0 Å². The molecule has 0 aliphatic heterocycles. The average Bonchev–Trinajstić information content (AvgIpc) is 2.16. The van der Waals surface area contributed by atoms with E-state index in [1.165, 1.54) is 29.3 Å². The number of allylic oxidation sites excluding steroid dienone is 6. The van der Waals surface area contributed by atoms with Crippen molar-refractivity contribution in [1.29, 1.82) is 0 Å². The molecule has 0 fully saturated rings. The lowest BCUT2D eigenvalue weighted by atomic mass is 10.1. The quantitative estimate of drug-likeness (QED) is 0.625. The van der Waals surface area contributed by atoms with Gasteiger partial charge >= 0.3 is 0 Å². The average molecular weight is 227 g/mol. The van der Waals surface area contributed by atoms with Gasteiger partial charge in [-0.1, -0.05) is 46.7 Å². The van der Waals surface area contributed by atoms with Crippen LogP contribution < -0.4 is 0 Å². The van der Waals surface area contributed by atoms with Crippen LogP contribution in [0.25, 0.3) is 0 Å². The smallest absolute Gasteiger partial charge is 0.0174 e. The van der Waals surface area contributed by atoms with E-state index in [4.69, 9.17) is 0 Å². The van der Waals surface area contributed by atoms with Gasteiger partial charge in [-0.25, -0.2) is 0 Å². The standard InChI is InChI=1S/C11H15Br/c1-2-10-7-5-3-4-6-8-11(12)9-10/h6-9H,2-5H2,1H3/b8-6+,10-7?,11-9?. The minimum atomic E-state index is 1.13. The van der Waals surface area contributed by atoms with Crippen LogP contribution in [0.5, 0.6) is 0 Å². The molecule has 0 atom stereocenters. The highest BCUT2D eigenvalue weighted by Gasteiger charge is 1.94. The van der Waals surface area contributed by atoms with Crippen LogP contribution in [-0.2, 0) is 0 Å². The predicted molar refractivity (Wildman–Crippen MR) is 58.4 cm³/mol. The topological polar surface area (TPSA) is 0 Å². The third kappa shape index (κ3) is 3.40. The summed E-state index contributed by atoms with van der Waals surface area (Å²) in [5, 5.41) is 0. The predicted octanol–water partition coefficient (Wildman–Crippen LogP) is 4.34. The summed E-state index contributed by atoms with van der Waals surface area (Å²) in [6, 6.07) is 0.